The molecule has 0 bridgehead atoms. The van der Waals surface area contributed by atoms with E-state index < -0.39 is 35.0 Å². The van der Waals surface area contributed by atoms with Crippen molar-refractivity contribution in [3.8, 4) is 0 Å². The third-order valence-electron chi connectivity index (χ3n) is 4.85. The van der Waals surface area contributed by atoms with Gasteiger partial charge >= 0.3 is 6.18 Å². The molecule has 2 heterocycles. The Hall–Kier alpha value is -4.18. The molecule has 0 fully saturated rings. The highest BCUT2D eigenvalue weighted by Crippen LogP contribution is 2.36. The van der Waals surface area contributed by atoms with Crippen LogP contribution in [0.15, 0.2) is 60.8 Å². The molecule has 35 heavy (non-hydrogen) atoms. The van der Waals surface area contributed by atoms with Crippen LogP contribution in [-0.2, 0) is 15.8 Å². The summed E-state index contributed by atoms with van der Waals surface area (Å²) in [5, 5.41) is 12.3. The summed E-state index contributed by atoms with van der Waals surface area (Å²) in [5.41, 5.74) is 1.34. The molecule has 0 unspecified atom stereocenters. The fourth-order valence-electron chi connectivity index (χ4n) is 3.26. The molecule has 0 aliphatic rings. The van der Waals surface area contributed by atoms with Gasteiger partial charge in [-0.25, -0.2) is 0 Å². The van der Waals surface area contributed by atoms with Crippen LogP contribution in [0, 0.1) is 0 Å². The zero-order valence-electron chi connectivity index (χ0n) is 17.9. The number of amides is 2. The Kier molecular flexibility index (Phi) is 6.83. The summed E-state index contributed by atoms with van der Waals surface area (Å²) in [5.74, 6) is -1.41. The number of aromatic amines is 1. The first-order chi connectivity index (χ1) is 16.7. The summed E-state index contributed by atoms with van der Waals surface area (Å²) in [4.78, 5) is 28.6. The van der Waals surface area contributed by atoms with Gasteiger partial charge in [-0.05, 0) is 60.7 Å². The first kappa shape index (κ1) is 24.0. The van der Waals surface area contributed by atoms with Crippen LogP contribution in [-0.4, -0.2) is 27.0 Å². The average molecular weight is 500 g/mol. The number of rotatable bonds is 6. The minimum Gasteiger partial charge on any atom is -0.326 e. The van der Waals surface area contributed by atoms with Crippen LogP contribution < -0.4 is 10.6 Å². The summed E-state index contributed by atoms with van der Waals surface area (Å²) < 4.78 is 38.9. The van der Waals surface area contributed by atoms with E-state index in [2.05, 4.69) is 25.8 Å². The van der Waals surface area contributed by atoms with Crippen LogP contribution in [0.25, 0.3) is 23.1 Å². The summed E-state index contributed by atoms with van der Waals surface area (Å²) in [7, 11) is 0. The highest BCUT2D eigenvalue weighted by atomic mass is 35.5. The van der Waals surface area contributed by atoms with Gasteiger partial charge in [0.2, 0.25) is 11.8 Å². The first-order valence-electron chi connectivity index (χ1n) is 10.2. The minimum atomic E-state index is -4.67. The zero-order valence-corrected chi connectivity index (χ0v) is 18.6. The van der Waals surface area contributed by atoms with Gasteiger partial charge in [0.15, 0.2) is 0 Å². The van der Waals surface area contributed by atoms with Crippen molar-refractivity contribution in [3.05, 3.63) is 82.8 Å². The van der Waals surface area contributed by atoms with Crippen LogP contribution >= 0.6 is 11.6 Å². The minimum absolute atomic E-state index is 0.121. The van der Waals surface area contributed by atoms with Crippen LogP contribution in [0.5, 0.6) is 0 Å². The number of benzene rings is 2. The summed E-state index contributed by atoms with van der Waals surface area (Å²) in [6.07, 6.45) is 0.0530. The van der Waals surface area contributed by atoms with Gasteiger partial charge in [0.1, 0.15) is 6.42 Å². The quantitative estimate of drug-likeness (QED) is 0.293. The Balaban J connectivity index is 1.38. The number of alkyl halides is 3. The van der Waals surface area contributed by atoms with E-state index in [1.807, 2.05) is 30.4 Å². The number of aromatic nitrogens is 3. The molecule has 4 aromatic rings. The van der Waals surface area contributed by atoms with Crippen LogP contribution in [0.1, 0.15) is 23.4 Å². The molecule has 3 N–H and O–H groups in total. The lowest BCUT2D eigenvalue weighted by Crippen LogP contribution is -2.21. The monoisotopic (exact) mass is 499 g/mol. The van der Waals surface area contributed by atoms with Gasteiger partial charge in [-0.3, -0.25) is 19.7 Å². The molecular formula is C24H17ClF3N5O2. The summed E-state index contributed by atoms with van der Waals surface area (Å²) >= 11 is 5.57. The normalized spacial score (nSPS) is 11.7. The molecule has 178 valence electrons. The Bertz CT molecular complexity index is 1420. The summed E-state index contributed by atoms with van der Waals surface area (Å²) in [6.45, 7) is 0. The molecule has 0 aliphatic heterocycles. The van der Waals surface area contributed by atoms with Crippen molar-refractivity contribution in [2.45, 2.75) is 12.6 Å². The van der Waals surface area contributed by atoms with Gasteiger partial charge < -0.3 is 10.6 Å². The van der Waals surface area contributed by atoms with Crippen LogP contribution in [0.2, 0.25) is 5.02 Å². The number of nitrogens with one attached hydrogen (secondary N) is 3. The smallest absolute Gasteiger partial charge is 0.326 e. The highest BCUT2D eigenvalue weighted by molar-refractivity contribution is 6.31. The molecule has 0 radical (unpaired) electrons. The standard InChI is InChI=1S/C24H17ClF3N5O2/c25-19-8-5-15(11-18(19)24(26,27)28)30-22(34)13-23(35)31-16-4-7-17-20(32-33-21(17)12-16)9-6-14-3-1-2-10-29-14/h1-12H,13H2,(H,30,34)(H,31,35)(H,32,33)/b9-6+. The van der Waals surface area contributed by atoms with Gasteiger partial charge in [0.25, 0.3) is 0 Å². The second-order valence-electron chi connectivity index (χ2n) is 7.42. The van der Waals surface area contributed by atoms with E-state index in [1.54, 1.807) is 24.4 Å². The number of anilines is 2. The predicted molar refractivity (Wildman–Crippen MR) is 128 cm³/mol. The van der Waals surface area contributed by atoms with Crippen molar-refractivity contribution < 1.29 is 22.8 Å². The van der Waals surface area contributed by atoms with E-state index in [0.717, 1.165) is 17.1 Å². The number of pyridine rings is 1. The fraction of sp³-hybridized carbons (Fsp3) is 0.0833. The Morgan fingerprint density at radius 3 is 2.37 bits per heavy atom. The van der Waals surface area contributed by atoms with Gasteiger partial charge in [0.05, 0.1) is 27.5 Å². The topological polar surface area (TPSA) is 99.8 Å². The van der Waals surface area contributed by atoms with E-state index in [1.165, 1.54) is 6.07 Å². The lowest BCUT2D eigenvalue weighted by molar-refractivity contribution is -0.137. The molecule has 0 atom stereocenters. The molecule has 2 aromatic heterocycles. The predicted octanol–water partition coefficient (Wildman–Crippen LogP) is 5.77. The molecular weight excluding hydrogens is 483 g/mol. The Labute approximate surface area is 202 Å². The first-order valence-corrected chi connectivity index (χ1v) is 10.6. The van der Waals surface area contributed by atoms with E-state index in [0.29, 0.717) is 23.0 Å². The third-order valence-corrected chi connectivity index (χ3v) is 5.18. The van der Waals surface area contributed by atoms with Gasteiger partial charge in [-0.15, -0.1) is 0 Å². The van der Waals surface area contributed by atoms with Crippen molar-refractivity contribution >= 4 is 57.8 Å². The largest absolute Gasteiger partial charge is 0.417 e. The SMILES string of the molecule is O=C(CC(=O)Nc1ccc2c(/C=C/c3ccccn3)n[nH]c2c1)Nc1ccc(Cl)c(C(F)(F)F)c1. The van der Waals surface area contributed by atoms with Crippen molar-refractivity contribution in [1.82, 2.24) is 15.2 Å². The number of carbonyl (C=O) groups is 2. The molecule has 4 rings (SSSR count). The fourth-order valence-corrected chi connectivity index (χ4v) is 3.49. The molecule has 11 heteroatoms. The number of hydrogen-bond donors (Lipinski definition) is 3. The molecule has 0 spiro atoms. The lowest BCUT2D eigenvalue weighted by atomic mass is 10.1. The van der Waals surface area contributed by atoms with Crippen molar-refractivity contribution in [2.24, 2.45) is 0 Å². The molecule has 2 amide bonds. The van der Waals surface area contributed by atoms with E-state index in [4.69, 9.17) is 11.6 Å². The molecule has 0 saturated carbocycles. The van der Waals surface area contributed by atoms with Gasteiger partial charge in [0, 0.05) is 23.0 Å². The molecule has 0 saturated heterocycles. The van der Waals surface area contributed by atoms with Gasteiger partial charge in [-0.1, -0.05) is 17.7 Å². The third kappa shape index (κ3) is 6.04. The maximum atomic E-state index is 13.0. The van der Waals surface area contributed by atoms with E-state index in [-0.39, 0.29) is 5.69 Å². The Morgan fingerprint density at radius 1 is 0.971 bits per heavy atom. The number of fused-ring (bicyclic) bond motifs is 1. The van der Waals surface area contributed by atoms with E-state index >= 15 is 0 Å². The second-order valence-corrected chi connectivity index (χ2v) is 7.83. The number of hydrogen-bond acceptors (Lipinski definition) is 4. The molecule has 0 aliphatic carbocycles. The van der Waals surface area contributed by atoms with E-state index in [9.17, 15) is 22.8 Å². The zero-order chi connectivity index (χ0) is 25.0. The number of carbonyl (C=O) groups excluding carboxylic acids is 2. The van der Waals surface area contributed by atoms with Crippen molar-refractivity contribution in [2.75, 3.05) is 10.6 Å². The molecule has 2 aromatic carbocycles. The number of nitrogens with zero attached hydrogens (tertiary/aromatic N) is 2. The average Bonchev–Trinajstić information content (AvgIpc) is 3.21. The highest BCUT2D eigenvalue weighted by Gasteiger charge is 2.33. The summed E-state index contributed by atoms with van der Waals surface area (Å²) in [6, 6.07) is 13.6. The maximum Gasteiger partial charge on any atom is 0.417 e. The van der Waals surface area contributed by atoms with Crippen LogP contribution in [0.4, 0.5) is 24.5 Å². The lowest BCUT2D eigenvalue weighted by Gasteiger charge is -2.12. The van der Waals surface area contributed by atoms with Crippen molar-refractivity contribution in [3.63, 3.8) is 0 Å². The molecule has 7 nitrogen and oxygen atoms in total. The Morgan fingerprint density at radius 2 is 1.69 bits per heavy atom. The maximum absolute atomic E-state index is 13.0. The van der Waals surface area contributed by atoms with Crippen LogP contribution in [0.3, 0.4) is 0 Å². The second kappa shape index (κ2) is 9.98. The number of halogens is 4. The van der Waals surface area contributed by atoms with Crippen molar-refractivity contribution in [1.29, 1.82) is 0 Å². The number of H-pyrrole nitrogens is 1. The van der Waals surface area contributed by atoms with Gasteiger partial charge in [-0.2, -0.15) is 18.3 Å².